The summed E-state index contributed by atoms with van der Waals surface area (Å²) in [5.74, 6) is -0.127. The zero-order chi connectivity index (χ0) is 18.5. The number of benzene rings is 3. The predicted molar refractivity (Wildman–Crippen MR) is 108 cm³/mol. The Kier molecular flexibility index (Phi) is 5.23. The van der Waals surface area contributed by atoms with Crippen molar-refractivity contribution in [2.45, 2.75) is 13.5 Å². The summed E-state index contributed by atoms with van der Waals surface area (Å²) in [6.45, 7) is 2.56. The van der Waals surface area contributed by atoms with Crippen molar-refractivity contribution >= 4 is 23.0 Å². The molecule has 0 aliphatic carbocycles. The highest BCUT2D eigenvalue weighted by atomic mass is 16.1. The van der Waals surface area contributed by atoms with Crippen LogP contribution >= 0.6 is 0 Å². The fourth-order valence-electron chi connectivity index (χ4n) is 2.79. The van der Waals surface area contributed by atoms with Crippen LogP contribution < -0.4 is 16.0 Å². The van der Waals surface area contributed by atoms with Gasteiger partial charge in [0.1, 0.15) is 0 Å². The summed E-state index contributed by atoms with van der Waals surface area (Å²) in [4.78, 5) is 14.3. The number of carbonyl (C=O) groups excluding carboxylic acids is 1. The number of hydrogen-bond donors (Lipinski definition) is 2. The van der Waals surface area contributed by atoms with Gasteiger partial charge in [0.25, 0.3) is 5.91 Å². The molecule has 0 heterocycles. The van der Waals surface area contributed by atoms with Crippen LogP contribution in [0.2, 0.25) is 0 Å². The van der Waals surface area contributed by atoms with Gasteiger partial charge in [-0.1, -0.05) is 30.3 Å². The minimum atomic E-state index is -0.127. The van der Waals surface area contributed by atoms with Crippen LogP contribution in [-0.2, 0) is 6.54 Å². The second-order valence-electron chi connectivity index (χ2n) is 6.37. The maximum absolute atomic E-state index is 12.2. The molecule has 1 amide bonds. The van der Waals surface area contributed by atoms with Crippen LogP contribution in [0, 0.1) is 6.92 Å². The van der Waals surface area contributed by atoms with Gasteiger partial charge in [-0.25, -0.2) is 0 Å². The molecule has 0 aromatic heterocycles. The molecule has 0 saturated heterocycles. The highest BCUT2D eigenvalue weighted by Crippen LogP contribution is 2.24. The zero-order valence-corrected chi connectivity index (χ0v) is 15.1. The number of nitrogen functional groups attached to an aromatic ring is 1. The Morgan fingerprint density at radius 3 is 2.38 bits per heavy atom. The minimum absolute atomic E-state index is 0.127. The molecule has 0 fully saturated rings. The van der Waals surface area contributed by atoms with Crippen LogP contribution in [-0.4, -0.2) is 13.0 Å². The number of anilines is 3. The van der Waals surface area contributed by atoms with Gasteiger partial charge in [-0.3, -0.25) is 4.79 Å². The maximum Gasteiger partial charge on any atom is 0.251 e. The van der Waals surface area contributed by atoms with Crippen LogP contribution in [0.15, 0.2) is 72.8 Å². The molecule has 0 atom stereocenters. The smallest absolute Gasteiger partial charge is 0.251 e. The third-order valence-corrected chi connectivity index (χ3v) is 4.31. The summed E-state index contributed by atoms with van der Waals surface area (Å²) in [5, 5.41) is 2.92. The fraction of sp³-hybridized carbons (Fsp3) is 0.136. The highest BCUT2D eigenvalue weighted by molar-refractivity contribution is 5.94. The number of amides is 1. The Morgan fingerprint density at radius 1 is 0.962 bits per heavy atom. The van der Waals surface area contributed by atoms with Crippen LogP contribution in [0.25, 0.3) is 0 Å². The largest absolute Gasteiger partial charge is 0.399 e. The van der Waals surface area contributed by atoms with Crippen molar-refractivity contribution in [2.24, 2.45) is 0 Å². The number of carbonyl (C=O) groups is 1. The monoisotopic (exact) mass is 345 g/mol. The Balaban J connectivity index is 1.63. The summed E-state index contributed by atoms with van der Waals surface area (Å²) in [6, 6.07) is 23.5. The number of rotatable bonds is 5. The van der Waals surface area contributed by atoms with Gasteiger partial charge >= 0.3 is 0 Å². The van der Waals surface area contributed by atoms with Crippen molar-refractivity contribution in [3.05, 3.63) is 89.5 Å². The van der Waals surface area contributed by atoms with Gasteiger partial charge in [-0.15, -0.1) is 0 Å². The predicted octanol–water partition coefficient (Wildman–Crippen LogP) is 4.28. The molecule has 0 saturated carbocycles. The molecule has 132 valence electrons. The first kappa shape index (κ1) is 17.5. The molecule has 0 aliphatic rings. The highest BCUT2D eigenvalue weighted by Gasteiger charge is 2.07. The average molecular weight is 345 g/mol. The Bertz CT molecular complexity index is 903. The van der Waals surface area contributed by atoms with Gasteiger partial charge in [0.2, 0.25) is 0 Å². The van der Waals surface area contributed by atoms with E-state index >= 15 is 0 Å². The van der Waals surface area contributed by atoms with Crippen LogP contribution in [0.3, 0.4) is 0 Å². The summed E-state index contributed by atoms with van der Waals surface area (Å²) in [6.07, 6.45) is 0. The lowest BCUT2D eigenvalue weighted by atomic mass is 10.1. The molecule has 3 aromatic carbocycles. The molecular formula is C22H23N3O. The van der Waals surface area contributed by atoms with Crippen molar-refractivity contribution in [3.8, 4) is 0 Å². The van der Waals surface area contributed by atoms with Crippen LogP contribution in [0.1, 0.15) is 21.5 Å². The lowest BCUT2D eigenvalue weighted by Crippen LogP contribution is -2.22. The van der Waals surface area contributed by atoms with Crippen molar-refractivity contribution < 1.29 is 4.79 Å². The third kappa shape index (κ3) is 4.22. The summed E-state index contributed by atoms with van der Waals surface area (Å²) in [5.41, 5.74) is 11.4. The van der Waals surface area contributed by atoms with Gasteiger partial charge in [-0.2, -0.15) is 0 Å². The second-order valence-corrected chi connectivity index (χ2v) is 6.37. The van der Waals surface area contributed by atoms with Crippen molar-refractivity contribution in [3.63, 3.8) is 0 Å². The van der Waals surface area contributed by atoms with E-state index < -0.39 is 0 Å². The van der Waals surface area contributed by atoms with E-state index in [2.05, 4.69) is 53.5 Å². The maximum atomic E-state index is 12.2. The second kappa shape index (κ2) is 7.74. The van der Waals surface area contributed by atoms with Crippen molar-refractivity contribution in [1.29, 1.82) is 0 Å². The van der Waals surface area contributed by atoms with E-state index in [4.69, 9.17) is 5.73 Å². The lowest BCUT2D eigenvalue weighted by molar-refractivity contribution is 0.0951. The van der Waals surface area contributed by atoms with Gasteiger partial charge in [-0.05, 0) is 60.5 Å². The Hall–Kier alpha value is -3.27. The molecule has 0 unspecified atom stereocenters. The van der Waals surface area contributed by atoms with Gasteiger partial charge in [0, 0.05) is 36.2 Å². The lowest BCUT2D eigenvalue weighted by Gasteiger charge is -2.20. The number of nitrogens with one attached hydrogen (secondary N) is 1. The molecule has 3 N–H and O–H groups in total. The molecule has 26 heavy (non-hydrogen) atoms. The molecule has 0 aliphatic heterocycles. The first-order chi connectivity index (χ1) is 12.5. The van der Waals surface area contributed by atoms with Crippen LogP contribution in [0.4, 0.5) is 17.1 Å². The normalized spacial score (nSPS) is 10.4. The third-order valence-electron chi connectivity index (χ3n) is 4.31. The molecular weight excluding hydrogens is 322 g/mol. The van der Waals surface area contributed by atoms with E-state index in [1.807, 2.05) is 19.2 Å². The first-order valence-electron chi connectivity index (χ1n) is 8.56. The van der Waals surface area contributed by atoms with Crippen LogP contribution in [0.5, 0.6) is 0 Å². The van der Waals surface area contributed by atoms with E-state index in [0.29, 0.717) is 17.8 Å². The molecule has 3 aromatic rings. The van der Waals surface area contributed by atoms with E-state index in [1.165, 1.54) is 5.56 Å². The van der Waals surface area contributed by atoms with Gasteiger partial charge in [0.15, 0.2) is 0 Å². The van der Waals surface area contributed by atoms with E-state index in [-0.39, 0.29) is 5.91 Å². The molecule has 0 bridgehead atoms. The van der Waals surface area contributed by atoms with Gasteiger partial charge < -0.3 is 16.0 Å². The van der Waals surface area contributed by atoms with E-state index in [0.717, 1.165) is 16.9 Å². The number of aryl methyl sites for hydroxylation is 1. The molecule has 0 spiro atoms. The SMILES string of the molecule is Cc1cccc(N(C)c2ccc(CNC(=O)c3cccc(N)c3)cc2)c1. The quantitative estimate of drug-likeness (QED) is 0.679. The summed E-state index contributed by atoms with van der Waals surface area (Å²) < 4.78 is 0. The summed E-state index contributed by atoms with van der Waals surface area (Å²) in [7, 11) is 2.05. The molecule has 3 rings (SSSR count). The minimum Gasteiger partial charge on any atom is -0.399 e. The molecule has 0 radical (unpaired) electrons. The standard InChI is InChI=1S/C22H23N3O/c1-16-5-3-8-21(13-16)25(2)20-11-9-17(10-12-20)15-24-22(26)18-6-4-7-19(23)14-18/h3-14H,15,23H2,1-2H3,(H,24,26). The van der Waals surface area contributed by atoms with E-state index in [9.17, 15) is 4.79 Å². The number of nitrogens with two attached hydrogens (primary N) is 1. The zero-order valence-electron chi connectivity index (χ0n) is 15.1. The molecule has 4 nitrogen and oxygen atoms in total. The fourth-order valence-corrected chi connectivity index (χ4v) is 2.79. The van der Waals surface area contributed by atoms with Crippen molar-refractivity contribution in [2.75, 3.05) is 17.7 Å². The topological polar surface area (TPSA) is 58.4 Å². The number of hydrogen-bond acceptors (Lipinski definition) is 3. The average Bonchev–Trinajstić information content (AvgIpc) is 2.66. The first-order valence-corrected chi connectivity index (χ1v) is 8.56. The van der Waals surface area contributed by atoms with Gasteiger partial charge in [0.05, 0.1) is 0 Å². The van der Waals surface area contributed by atoms with E-state index in [1.54, 1.807) is 24.3 Å². The Labute approximate surface area is 154 Å². The number of nitrogens with zero attached hydrogens (tertiary/aromatic N) is 1. The molecule has 4 heteroatoms. The Morgan fingerprint density at radius 2 is 1.69 bits per heavy atom. The van der Waals surface area contributed by atoms with Crippen molar-refractivity contribution in [1.82, 2.24) is 5.32 Å². The summed E-state index contributed by atoms with van der Waals surface area (Å²) >= 11 is 0.